The number of rotatable bonds is 4. The molecule has 0 aromatic heterocycles. The highest BCUT2D eigenvalue weighted by molar-refractivity contribution is 5.71. The molecule has 1 amide bonds. The normalized spacial score (nSPS) is 34.2. The highest BCUT2D eigenvalue weighted by Gasteiger charge is 2.51. The third-order valence-electron chi connectivity index (χ3n) is 6.73. The van der Waals surface area contributed by atoms with E-state index in [4.69, 9.17) is 4.74 Å². The minimum Gasteiger partial charge on any atom is -0.410 e. The Kier molecular flexibility index (Phi) is 4.27. The van der Waals surface area contributed by atoms with Gasteiger partial charge in [-0.25, -0.2) is 4.79 Å². The van der Waals surface area contributed by atoms with E-state index in [1.165, 1.54) is 19.3 Å². The van der Waals surface area contributed by atoms with Gasteiger partial charge in [0.05, 0.1) is 0 Å². The molecule has 0 radical (unpaired) electrons. The minimum atomic E-state index is -0.281. The third kappa shape index (κ3) is 3.41. The van der Waals surface area contributed by atoms with E-state index in [9.17, 15) is 4.79 Å². The molecule has 4 fully saturated rings. The summed E-state index contributed by atoms with van der Waals surface area (Å²) in [5.74, 6) is 3.08. The van der Waals surface area contributed by atoms with Gasteiger partial charge in [0.15, 0.2) is 0 Å². The standard InChI is InChI=1S/C21H30N2O2/c1-14(23(2)3)18-5-4-6-19(10-18)25-20(24)22-21-11-15-7-16(12-21)9-17(8-15)13-21/h4-6,10,14-17H,7-9,11-13H2,1-3H3,(H,22,24)/t14-,15?,16?,17?,21?/m0/s1. The van der Waals surface area contributed by atoms with Crippen LogP contribution in [0.4, 0.5) is 4.79 Å². The van der Waals surface area contributed by atoms with Crippen LogP contribution in [0, 0.1) is 17.8 Å². The van der Waals surface area contributed by atoms with Gasteiger partial charge in [0, 0.05) is 11.6 Å². The molecule has 4 aliphatic rings. The van der Waals surface area contributed by atoms with E-state index in [-0.39, 0.29) is 17.7 Å². The largest absolute Gasteiger partial charge is 0.413 e. The van der Waals surface area contributed by atoms with Crippen molar-refractivity contribution in [3.8, 4) is 5.75 Å². The number of nitrogens with one attached hydrogen (secondary N) is 1. The molecule has 136 valence electrons. The summed E-state index contributed by atoms with van der Waals surface area (Å²) in [6.45, 7) is 2.15. The van der Waals surface area contributed by atoms with Crippen molar-refractivity contribution in [3.63, 3.8) is 0 Å². The second kappa shape index (κ2) is 6.31. The Morgan fingerprint density at radius 2 is 1.76 bits per heavy atom. The first-order valence-corrected chi connectivity index (χ1v) is 9.69. The molecular formula is C21H30N2O2. The zero-order chi connectivity index (χ0) is 17.6. The predicted octanol–water partition coefficient (Wildman–Crippen LogP) is 4.37. The average molecular weight is 342 g/mol. The zero-order valence-electron chi connectivity index (χ0n) is 15.6. The van der Waals surface area contributed by atoms with E-state index in [1.54, 1.807) is 0 Å². The number of benzene rings is 1. The molecule has 4 aliphatic carbocycles. The van der Waals surface area contributed by atoms with Gasteiger partial charge in [-0.3, -0.25) is 0 Å². The lowest BCUT2D eigenvalue weighted by molar-refractivity contribution is -0.0161. The van der Waals surface area contributed by atoms with Gasteiger partial charge in [0.1, 0.15) is 5.75 Å². The number of hydrogen-bond acceptors (Lipinski definition) is 3. The van der Waals surface area contributed by atoms with E-state index < -0.39 is 0 Å². The average Bonchev–Trinajstić information content (AvgIpc) is 2.52. The van der Waals surface area contributed by atoms with Gasteiger partial charge in [0.2, 0.25) is 0 Å². The Morgan fingerprint density at radius 3 is 2.32 bits per heavy atom. The quantitative estimate of drug-likeness (QED) is 0.883. The first kappa shape index (κ1) is 16.9. The summed E-state index contributed by atoms with van der Waals surface area (Å²) in [5.41, 5.74) is 1.16. The van der Waals surface area contributed by atoms with Crippen molar-refractivity contribution in [1.82, 2.24) is 10.2 Å². The van der Waals surface area contributed by atoms with Gasteiger partial charge in [-0.05, 0) is 95.0 Å². The Hall–Kier alpha value is -1.55. The number of hydrogen-bond donors (Lipinski definition) is 1. The summed E-state index contributed by atoms with van der Waals surface area (Å²) in [6.07, 6.45) is 7.28. The Bertz CT molecular complexity index is 620. The maximum Gasteiger partial charge on any atom is 0.413 e. The number of nitrogens with zero attached hydrogens (tertiary/aromatic N) is 1. The molecule has 1 aromatic carbocycles. The first-order valence-electron chi connectivity index (χ1n) is 9.69. The maximum absolute atomic E-state index is 12.6. The molecule has 4 heteroatoms. The fraction of sp³-hybridized carbons (Fsp3) is 0.667. The van der Waals surface area contributed by atoms with E-state index in [0.29, 0.717) is 5.75 Å². The minimum absolute atomic E-state index is 0.000369. The smallest absolute Gasteiger partial charge is 0.410 e. The summed E-state index contributed by atoms with van der Waals surface area (Å²) in [4.78, 5) is 14.7. The SMILES string of the molecule is C[C@@H](c1cccc(OC(=O)NC23CC4CC(CC(C4)C2)C3)c1)N(C)C. The molecule has 25 heavy (non-hydrogen) atoms. The van der Waals surface area contributed by atoms with Crippen LogP contribution in [0.1, 0.15) is 57.1 Å². The fourth-order valence-electron chi connectivity index (χ4n) is 5.75. The number of amides is 1. The zero-order valence-corrected chi connectivity index (χ0v) is 15.6. The van der Waals surface area contributed by atoms with Gasteiger partial charge in [-0.1, -0.05) is 12.1 Å². The van der Waals surface area contributed by atoms with Crippen molar-refractivity contribution < 1.29 is 9.53 Å². The van der Waals surface area contributed by atoms with Crippen molar-refractivity contribution in [2.24, 2.45) is 17.8 Å². The molecule has 5 rings (SSSR count). The molecule has 1 aromatic rings. The van der Waals surface area contributed by atoms with Gasteiger partial charge in [0.25, 0.3) is 0 Å². The predicted molar refractivity (Wildman–Crippen MR) is 98.6 cm³/mol. The summed E-state index contributed by atoms with van der Waals surface area (Å²) < 4.78 is 5.66. The highest BCUT2D eigenvalue weighted by atomic mass is 16.6. The molecular weight excluding hydrogens is 312 g/mol. The Morgan fingerprint density at radius 1 is 1.16 bits per heavy atom. The molecule has 1 atom stereocenters. The highest BCUT2D eigenvalue weighted by Crippen LogP contribution is 2.55. The second-order valence-corrected chi connectivity index (χ2v) is 8.92. The molecule has 4 bridgehead atoms. The second-order valence-electron chi connectivity index (χ2n) is 8.92. The van der Waals surface area contributed by atoms with E-state index in [2.05, 4.69) is 37.3 Å². The van der Waals surface area contributed by atoms with Crippen LogP contribution in [-0.2, 0) is 0 Å². The van der Waals surface area contributed by atoms with Crippen molar-refractivity contribution in [2.75, 3.05) is 14.1 Å². The van der Waals surface area contributed by atoms with Crippen molar-refractivity contribution in [3.05, 3.63) is 29.8 Å². The molecule has 0 spiro atoms. The Balaban J connectivity index is 1.42. The van der Waals surface area contributed by atoms with Crippen LogP contribution in [0.2, 0.25) is 0 Å². The summed E-state index contributed by atoms with van der Waals surface area (Å²) in [5, 5.41) is 3.27. The van der Waals surface area contributed by atoms with Gasteiger partial charge in [-0.15, -0.1) is 0 Å². The van der Waals surface area contributed by atoms with Gasteiger partial charge < -0.3 is 15.0 Å². The fourth-order valence-corrected chi connectivity index (χ4v) is 5.75. The number of carbonyl (C=O) groups excluding carboxylic acids is 1. The van der Waals surface area contributed by atoms with E-state index in [0.717, 1.165) is 42.6 Å². The lowest BCUT2D eigenvalue weighted by Crippen LogP contribution is -2.60. The lowest BCUT2D eigenvalue weighted by atomic mass is 9.53. The van der Waals surface area contributed by atoms with Crippen LogP contribution in [0.15, 0.2) is 24.3 Å². The number of ether oxygens (including phenoxy) is 1. The Labute approximate surface area is 150 Å². The first-order chi connectivity index (χ1) is 11.9. The lowest BCUT2D eigenvalue weighted by Gasteiger charge is -2.56. The summed E-state index contributed by atoms with van der Waals surface area (Å²) >= 11 is 0. The molecule has 0 aliphatic heterocycles. The van der Waals surface area contributed by atoms with Gasteiger partial charge >= 0.3 is 6.09 Å². The molecule has 1 N–H and O–H groups in total. The van der Waals surface area contributed by atoms with Crippen LogP contribution >= 0.6 is 0 Å². The summed E-state index contributed by atoms with van der Waals surface area (Å²) in [6, 6.07) is 8.17. The number of carbonyl (C=O) groups is 1. The topological polar surface area (TPSA) is 41.6 Å². The third-order valence-corrected chi connectivity index (χ3v) is 6.73. The van der Waals surface area contributed by atoms with Crippen LogP contribution in [0.3, 0.4) is 0 Å². The molecule has 4 nitrogen and oxygen atoms in total. The van der Waals surface area contributed by atoms with Crippen molar-refractivity contribution in [2.45, 2.75) is 57.0 Å². The van der Waals surface area contributed by atoms with Crippen LogP contribution in [0.25, 0.3) is 0 Å². The monoisotopic (exact) mass is 342 g/mol. The van der Waals surface area contributed by atoms with Gasteiger partial charge in [-0.2, -0.15) is 0 Å². The van der Waals surface area contributed by atoms with Crippen molar-refractivity contribution >= 4 is 6.09 Å². The van der Waals surface area contributed by atoms with Crippen molar-refractivity contribution in [1.29, 1.82) is 0 Å². The molecule has 0 unspecified atom stereocenters. The van der Waals surface area contributed by atoms with E-state index in [1.807, 2.05) is 18.2 Å². The molecule has 0 saturated heterocycles. The van der Waals surface area contributed by atoms with Crippen LogP contribution in [0.5, 0.6) is 5.75 Å². The maximum atomic E-state index is 12.6. The van der Waals surface area contributed by atoms with Crippen LogP contribution < -0.4 is 10.1 Å². The molecule has 4 saturated carbocycles. The summed E-state index contributed by atoms with van der Waals surface area (Å²) in [7, 11) is 4.11. The van der Waals surface area contributed by atoms with E-state index >= 15 is 0 Å². The van der Waals surface area contributed by atoms with Crippen LogP contribution in [-0.4, -0.2) is 30.6 Å². The molecule has 0 heterocycles.